The molecule has 2 aromatic rings. The number of aromatic nitrogens is 2. The topological polar surface area (TPSA) is 80.1 Å². The zero-order chi connectivity index (χ0) is 16.8. The van der Waals surface area contributed by atoms with E-state index in [2.05, 4.69) is 20.8 Å². The van der Waals surface area contributed by atoms with Gasteiger partial charge in [-0.1, -0.05) is 18.0 Å². The Bertz CT molecular complexity index is 799. The average molecular weight is 340 g/mol. The maximum absolute atomic E-state index is 13.1. The minimum absolute atomic E-state index is 0.0107. The first-order valence-corrected chi connectivity index (χ1v) is 9.61. The number of hydrogen-bond donors (Lipinski definition) is 2. The van der Waals surface area contributed by atoms with Gasteiger partial charge in [0.1, 0.15) is 0 Å². The van der Waals surface area contributed by atoms with Crippen LogP contribution in [0.1, 0.15) is 78.5 Å². The number of carbonyl (C=O) groups is 1. The molecule has 1 unspecified atom stereocenters. The number of hydrogen-bond acceptors (Lipinski definition) is 5. The molecule has 1 saturated heterocycles. The molecule has 3 fully saturated rings. The van der Waals surface area contributed by atoms with E-state index in [9.17, 15) is 4.79 Å². The third kappa shape index (κ3) is 2.82. The fraction of sp³-hybridized carbons (Fsp3) is 0.632. The molecule has 2 aromatic heterocycles. The smallest absolute Gasteiger partial charge is 0.259 e. The van der Waals surface area contributed by atoms with Crippen molar-refractivity contribution < 1.29 is 9.32 Å². The van der Waals surface area contributed by atoms with Gasteiger partial charge in [-0.15, -0.1) is 0 Å². The van der Waals surface area contributed by atoms with Crippen molar-refractivity contribution in [1.82, 2.24) is 20.8 Å². The van der Waals surface area contributed by atoms with Gasteiger partial charge in [0.05, 0.1) is 16.6 Å². The SMILES string of the molecule is O=C(NC1CCCC1)c1cc(C2CC2)nc2onc(C3CCNC3)c12. The highest BCUT2D eigenvalue weighted by molar-refractivity contribution is 6.06. The quantitative estimate of drug-likeness (QED) is 0.894. The number of nitrogens with zero attached hydrogens (tertiary/aromatic N) is 2. The Morgan fingerprint density at radius 1 is 1.16 bits per heavy atom. The summed E-state index contributed by atoms with van der Waals surface area (Å²) in [6.45, 7) is 1.87. The first kappa shape index (κ1) is 15.3. The molecule has 2 saturated carbocycles. The molecular weight excluding hydrogens is 316 g/mol. The van der Waals surface area contributed by atoms with Gasteiger partial charge in [0.25, 0.3) is 11.6 Å². The predicted octanol–water partition coefficient (Wildman–Crippen LogP) is 2.85. The highest BCUT2D eigenvalue weighted by Gasteiger charge is 2.32. The second-order valence-electron chi connectivity index (χ2n) is 7.76. The summed E-state index contributed by atoms with van der Waals surface area (Å²) < 4.78 is 5.57. The van der Waals surface area contributed by atoms with Gasteiger partial charge in [0.15, 0.2) is 0 Å². The van der Waals surface area contributed by atoms with E-state index < -0.39 is 0 Å². The summed E-state index contributed by atoms with van der Waals surface area (Å²) in [4.78, 5) is 17.7. The summed E-state index contributed by atoms with van der Waals surface area (Å²) in [6.07, 6.45) is 7.89. The summed E-state index contributed by atoms with van der Waals surface area (Å²) in [5.41, 5.74) is 3.12. The van der Waals surface area contributed by atoms with Crippen LogP contribution in [0.25, 0.3) is 11.1 Å². The first-order valence-electron chi connectivity index (χ1n) is 9.61. The largest absolute Gasteiger partial charge is 0.349 e. The van der Waals surface area contributed by atoms with E-state index in [1.807, 2.05) is 6.07 Å². The molecule has 1 amide bonds. The van der Waals surface area contributed by atoms with Crippen LogP contribution >= 0.6 is 0 Å². The van der Waals surface area contributed by atoms with Crippen LogP contribution in [0.5, 0.6) is 0 Å². The summed E-state index contributed by atoms with van der Waals surface area (Å²) >= 11 is 0. The minimum Gasteiger partial charge on any atom is -0.349 e. The van der Waals surface area contributed by atoms with E-state index in [0.29, 0.717) is 29.2 Å². The Hall–Kier alpha value is -1.95. The van der Waals surface area contributed by atoms with Crippen molar-refractivity contribution >= 4 is 17.0 Å². The zero-order valence-electron chi connectivity index (χ0n) is 14.4. The molecule has 25 heavy (non-hydrogen) atoms. The van der Waals surface area contributed by atoms with E-state index in [0.717, 1.165) is 62.0 Å². The molecule has 6 heteroatoms. The normalized spacial score (nSPS) is 24.2. The Labute approximate surface area is 146 Å². The lowest BCUT2D eigenvalue weighted by atomic mass is 9.98. The van der Waals surface area contributed by atoms with Crippen LogP contribution in [0.4, 0.5) is 0 Å². The molecule has 1 aliphatic heterocycles. The summed E-state index contributed by atoms with van der Waals surface area (Å²) in [5.74, 6) is 0.786. The molecule has 0 radical (unpaired) electrons. The lowest BCUT2D eigenvalue weighted by molar-refractivity contribution is 0.0939. The summed E-state index contributed by atoms with van der Waals surface area (Å²) in [7, 11) is 0. The Kier molecular flexibility index (Phi) is 3.73. The molecule has 132 valence electrons. The van der Waals surface area contributed by atoms with E-state index in [-0.39, 0.29) is 5.91 Å². The molecule has 2 aliphatic carbocycles. The Morgan fingerprint density at radius 3 is 2.72 bits per heavy atom. The minimum atomic E-state index is 0.0107. The molecule has 3 aliphatic rings. The number of nitrogens with one attached hydrogen (secondary N) is 2. The first-order chi connectivity index (χ1) is 12.3. The van der Waals surface area contributed by atoms with Crippen LogP contribution in [0.3, 0.4) is 0 Å². The molecule has 2 N–H and O–H groups in total. The van der Waals surface area contributed by atoms with Gasteiger partial charge in [-0.25, -0.2) is 4.98 Å². The molecular formula is C19H24N4O2. The van der Waals surface area contributed by atoms with Crippen LogP contribution in [0.15, 0.2) is 10.6 Å². The van der Waals surface area contributed by atoms with Gasteiger partial charge in [0, 0.05) is 30.1 Å². The van der Waals surface area contributed by atoms with Crippen LogP contribution in [-0.2, 0) is 0 Å². The van der Waals surface area contributed by atoms with Crippen molar-refractivity contribution in [3.05, 3.63) is 23.0 Å². The molecule has 0 bridgehead atoms. The number of fused-ring (bicyclic) bond motifs is 1. The second-order valence-corrected chi connectivity index (χ2v) is 7.76. The van der Waals surface area contributed by atoms with Crippen LogP contribution in [-0.4, -0.2) is 35.2 Å². The van der Waals surface area contributed by atoms with Crippen molar-refractivity contribution in [3.63, 3.8) is 0 Å². The predicted molar refractivity (Wildman–Crippen MR) is 93.7 cm³/mol. The van der Waals surface area contributed by atoms with Crippen molar-refractivity contribution in [1.29, 1.82) is 0 Å². The lowest BCUT2D eigenvalue weighted by Gasteiger charge is -2.14. The van der Waals surface area contributed by atoms with Gasteiger partial charge in [-0.3, -0.25) is 4.79 Å². The number of rotatable bonds is 4. The Morgan fingerprint density at radius 2 is 2.00 bits per heavy atom. The molecule has 1 atom stereocenters. The molecule has 6 nitrogen and oxygen atoms in total. The van der Waals surface area contributed by atoms with Crippen LogP contribution in [0.2, 0.25) is 0 Å². The highest BCUT2D eigenvalue weighted by Crippen LogP contribution is 2.41. The van der Waals surface area contributed by atoms with Crippen molar-refractivity contribution in [2.75, 3.05) is 13.1 Å². The Balaban J connectivity index is 1.57. The highest BCUT2D eigenvalue weighted by atomic mass is 16.5. The monoisotopic (exact) mass is 340 g/mol. The molecule has 3 heterocycles. The fourth-order valence-electron chi connectivity index (χ4n) is 4.26. The number of carbonyl (C=O) groups excluding carboxylic acids is 1. The van der Waals surface area contributed by atoms with Crippen LogP contribution in [0, 0.1) is 0 Å². The van der Waals surface area contributed by atoms with Crippen LogP contribution < -0.4 is 10.6 Å². The average Bonchev–Trinajstić information content (AvgIpc) is 3.04. The van der Waals surface area contributed by atoms with E-state index >= 15 is 0 Å². The second kappa shape index (κ2) is 6.09. The maximum atomic E-state index is 13.1. The summed E-state index contributed by atoms with van der Waals surface area (Å²) in [5, 5.41) is 11.7. The van der Waals surface area contributed by atoms with Gasteiger partial charge < -0.3 is 15.2 Å². The van der Waals surface area contributed by atoms with Crippen molar-refractivity contribution in [2.45, 2.75) is 62.8 Å². The number of amides is 1. The van der Waals surface area contributed by atoms with Gasteiger partial charge >= 0.3 is 0 Å². The van der Waals surface area contributed by atoms with Crippen molar-refractivity contribution in [3.8, 4) is 0 Å². The third-order valence-electron chi connectivity index (χ3n) is 5.87. The van der Waals surface area contributed by atoms with Crippen molar-refractivity contribution in [2.24, 2.45) is 0 Å². The van der Waals surface area contributed by atoms with E-state index in [1.54, 1.807) is 0 Å². The maximum Gasteiger partial charge on any atom is 0.259 e. The standard InChI is InChI=1S/C19H24N4O2/c24-18(21-13-3-1-2-4-13)14-9-15(11-5-6-11)22-19-16(14)17(23-25-19)12-7-8-20-10-12/h9,11-13,20H,1-8,10H2,(H,21,24). The number of pyridine rings is 1. The zero-order valence-corrected chi connectivity index (χ0v) is 14.4. The fourth-order valence-corrected chi connectivity index (χ4v) is 4.26. The van der Waals surface area contributed by atoms with E-state index in [4.69, 9.17) is 4.52 Å². The third-order valence-corrected chi connectivity index (χ3v) is 5.87. The van der Waals surface area contributed by atoms with Gasteiger partial charge in [-0.2, -0.15) is 0 Å². The van der Waals surface area contributed by atoms with Gasteiger partial charge in [0.2, 0.25) is 0 Å². The lowest BCUT2D eigenvalue weighted by Crippen LogP contribution is -2.33. The molecule has 5 rings (SSSR count). The summed E-state index contributed by atoms with van der Waals surface area (Å²) in [6, 6.07) is 2.30. The van der Waals surface area contributed by atoms with E-state index in [1.165, 1.54) is 12.8 Å². The van der Waals surface area contributed by atoms with Gasteiger partial charge in [-0.05, 0) is 44.7 Å². The molecule has 0 aromatic carbocycles. The molecule has 0 spiro atoms.